The number of benzene rings is 1. The molecule has 1 saturated heterocycles. The number of sulfone groups is 1. The zero-order valence-electron chi connectivity index (χ0n) is 12.1. The first kappa shape index (κ1) is 16.4. The Bertz CT molecular complexity index is 696. The van der Waals surface area contributed by atoms with E-state index in [4.69, 9.17) is 0 Å². The van der Waals surface area contributed by atoms with Crippen LogP contribution in [0.3, 0.4) is 0 Å². The maximum absolute atomic E-state index is 12.6. The molecule has 1 aromatic rings. The summed E-state index contributed by atoms with van der Waals surface area (Å²) < 4.78 is 49.4. The van der Waals surface area contributed by atoms with Crippen LogP contribution in [0.2, 0.25) is 0 Å². The lowest BCUT2D eigenvalue weighted by molar-refractivity contribution is 0.293. The molecule has 1 fully saturated rings. The highest BCUT2D eigenvalue weighted by atomic mass is 32.2. The summed E-state index contributed by atoms with van der Waals surface area (Å²) in [6.45, 7) is 0.932. The van der Waals surface area contributed by atoms with E-state index < -0.39 is 19.9 Å². The van der Waals surface area contributed by atoms with Crippen molar-refractivity contribution in [2.24, 2.45) is 0 Å². The van der Waals surface area contributed by atoms with Gasteiger partial charge in [-0.3, -0.25) is 0 Å². The van der Waals surface area contributed by atoms with Crippen molar-refractivity contribution in [2.45, 2.75) is 28.7 Å². The van der Waals surface area contributed by atoms with E-state index in [0.717, 1.165) is 19.1 Å². The molecule has 0 amide bonds. The van der Waals surface area contributed by atoms with E-state index in [9.17, 15) is 16.8 Å². The minimum absolute atomic E-state index is 0.119. The highest BCUT2D eigenvalue weighted by molar-refractivity contribution is 7.90. The van der Waals surface area contributed by atoms with Crippen molar-refractivity contribution in [3.63, 3.8) is 0 Å². The second kappa shape index (κ2) is 6.04. The number of hydrogen-bond donors (Lipinski definition) is 1. The van der Waals surface area contributed by atoms with Crippen LogP contribution in [0.4, 0.5) is 0 Å². The molecule has 1 aromatic carbocycles. The lowest BCUT2D eigenvalue weighted by Gasteiger charge is -2.31. The van der Waals surface area contributed by atoms with Gasteiger partial charge in [-0.1, -0.05) is 0 Å². The third kappa shape index (κ3) is 3.63. The molecule has 0 bridgehead atoms. The monoisotopic (exact) mass is 332 g/mol. The molecule has 1 aliphatic heterocycles. The molecule has 118 valence electrons. The number of piperidine rings is 1. The lowest BCUT2D eigenvalue weighted by atomic mass is 10.1. The summed E-state index contributed by atoms with van der Waals surface area (Å²) in [4.78, 5) is 0.250. The summed E-state index contributed by atoms with van der Waals surface area (Å²) in [5.41, 5.74) is 0. The Morgan fingerprint density at radius 3 is 2.19 bits per heavy atom. The number of nitrogens with one attached hydrogen (secondary N) is 1. The van der Waals surface area contributed by atoms with Gasteiger partial charge in [0.05, 0.1) is 9.79 Å². The summed E-state index contributed by atoms with van der Waals surface area (Å²) in [6.07, 6.45) is 2.86. The highest BCUT2D eigenvalue weighted by Gasteiger charge is 2.29. The molecule has 6 nitrogen and oxygen atoms in total. The fourth-order valence-corrected chi connectivity index (χ4v) is 4.56. The van der Waals surface area contributed by atoms with Crippen molar-refractivity contribution >= 4 is 19.9 Å². The fourth-order valence-electron chi connectivity index (χ4n) is 2.40. The minimum Gasteiger partial charge on any atom is -0.316 e. The number of hydrogen-bond acceptors (Lipinski definition) is 5. The van der Waals surface area contributed by atoms with Crippen LogP contribution >= 0.6 is 0 Å². The summed E-state index contributed by atoms with van der Waals surface area (Å²) in [5.74, 6) is 0. The van der Waals surface area contributed by atoms with Gasteiger partial charge in [-0.05, 0) is 44.2 Å². The van der Waals surface area contributed by atoms with Gasteiger partial charge in [0, 0.05) is 25.4 Å². The van der Waals surface area contributed by atoms with Gasteiger partial charge in [0.1, 0.15) is 0 Å². The Morgan fingerprint density at radius 2 is 1.67 bits per heavy atom. The van der Waals surface area contributed by atoms with Crippen LogP contribution in [0, 0.1) is 0 Å². The Kier molecular flexibility index (Phi) is 4.72. The van der Waals surface area contributed by atoms with Crippen molar-refractivity contribution in [1.29, 1.82) is 0 Å². The summed E-state index contributed by atoms with van der Waals surface area (Å²) in [5, 5.41) is 3.10. The van der Waals surface area contributed by atoms with Gasteiger partial charge in [-0.2, -0.15) is 4.31 Å². The molecule has 0 radical (unpaired) electrons. The smallest absolute Gasteiger partial charge is 0.243 e. The van der Waals surface area contributed by atoms with Crippen molar-refractivity contribution in [2.75, 3.05) is 26.4 Å². The topological polar surface area (TPSA) is 83.6 Å². The van der Waals surface area contributed by atoms with Gasteiger partial charge in [-0.15, -0.1) is 0 Å². The van der Waals surface area contributed by atoms with E-state index >= 15 is 0 Å². The molecule has 0 aromatic heterocycles. The van der Waals surface area contributed by atoms with E-state index in [1.807, 2.05) is 7.05 Å². The van der Waals surface area contributed by atoms with Gasteiger partial charge in [-0.25, -0.2) is 16.8 Å². The first-order valence-electron chi connectivity index (χ1n) is 6.72. The Hall–Kier alpha value is -0.960. The van der Waals surface area contributed by atoms with Crippen molar-refractivity contribution in [3.8, 4) is 0 Å². The molecule has 1 atom stereocenters. The minimum atomic E-state index is -3.57. The maximum atomic E-state index is 12.6. The van der Waals surface area contributed by atoms with Crippen LogP contribution in [-0.4, -0.2) is 53.6 Å². The van der Waals surface area contributed by atoms with Gasteiger partial charge in [0.25, 0.3) is 0 Å². The molecule has 0 unspecified atom stereocenters. The standard InChI is InChI=1S/C13H20N2O4S2/c1-14-11-4-3-9-15(10-11)21(18,19)13-7-5-12(6-8-13)20(2,16)17/h5-8,11,14H,3-4,9-10H2,1-2H3/t11-/m1/s1. The van der Waals surface area contributed by atoms with Crippen LogP contribution in [0.5, 0.6) is 0 Å². The summed E-state index contributed by atoms with van der Waals surface area (Å²) >= 11 is 0. The van der Waals surface area contributed by atoms with Crippen LogP contribution in [0.15, 0.2) is 34.1 Å². The second-order valence-electron chi connectivity index (χ2n) is 5.23. The Morgan fingerprint density at radius 1 is 1.10 bits per heavy atom. The summed E-state index contributed by atoms with van der Waals surface area (Å²) in [7, 11) is -5.07. The molecule has 1 aliphatic rings. The van der Waals surface area contributed by atoms with Crippen LogP contribution in [-0.2, 0) is 19.9 Å². The predicted octanol–water partition coefficient (Wildman–Crippen LogP) is 0.463. The van der Waals surface area contributed by atoms with Crippen molar-refractivity contribution < 1.29 is 16.8 Å². The lowest BCUT2D eigenvalue weighted by Crippen LogP contribution is -2.46. The largest absolute Gasteiger partial charge is 0.316 e. The van der Waals surface area contributed by atoms with E-state index in [1.54, 1.807) is 0 Å². The molecular formula is C13H20N2O4S2. The molecule has 1 N–H and O–H groups in total. The fraction of sp³-hybridized carbons (Fsp3) is 0.538. The van der Waals surface area contributed by atoms with Crippen LogP contribution in [0.1, 0.15) is 12.8 Å². The van der Waals surface area contributed by atoms with Gasteiger partial charge in [0.15, 0.2) is 9.84 Å². The quantitative estimate of drug-likeness (QED) is 0.866. The molecular weight excluding hydrogens is 312 g/mol. The molecule has 2 rings (SSSR count). The average Bonchev–Trinajstić information content (AvgIpc) is 2.46. The third-order valence-electron chi connectivity index (χ3n) is 3.68. The van der Waals surface area contributed by atoms with Gasteiger partial charge in [0.2, 0.25) is 10.0 Å². The predicted molar refractivity (Wildman–Crippen MR) is 80.4 cm³/mol. The third-order valence-corrected chi connectivity index (χ3v) is 6.69. The number of likely N-dealkylation sites (N-methyl/N-ethyl adjacent to an activating group) is 1. The molecule has 0 saturated carbocycles. The molecule has 21 heavy (non-hydrogen) atoms. The zero-order valence-corrected chi connectivity index (χ0v) is 13.7. The van der Waals surface area contributed by atoms with E-state index in [0.29, 0.717) is 13.1 Å². The normalized spacial score (nSPS) is 21.3. The second-order valence-corrected chi connectivity index (χ2v) is 9.19. The molecule has 8 heteroatoms. The van der Waals surface area contributed by atoms with Gasteiger partial charge >= 0.3 is 0 Å². The van der Waals surface area contributed by atoms with Crippen LogP contribution < -0.4 is 5.32 Å². The molecule has 0 aliphatic carbocycles. The molecule has 0 spiro atoms. The number of sulfonamides is 1. The van der Waals surface area contributed by atoms with E-state index in [2.05, 4.69) is 5.32 Å². The van der Waals surface area contributed by atoms with E-state index in [1.165, 1.54) is 28.6 Å². The number of nitrogens with zero attached hydrogens (tertiary/aromatic N) is 1. The Labute approximate surface area is 126 Å². The van der Waals surface area contributed by atoms with Crippen LogP contribution in [0.25, 0.3) is 0 Å². The molecule has 1 heterocycles. The highest BCUT2D eigenvalue weighted by Crippen LogP contribution is 2.22. The van der Waals surface area contributed by atoms with E-state index in [-0.39, 0.29) is 15.8 Å². The zero-order chi connectivity index (χ0) is 15.7. The number of rotatable bonds is 4. The van der Waals surface area contributed by atoms with Gasteiger partial charge < -0.3 is 5.32 Å². The SMILES string of the molecule is CN[C@@H]1CCCN(S(=O)(=O)c2ccc(S(C)(=O)=O)cc2)C1. The maximum Gasteiger partial charge on any atom is 0.243 e. The van der Waals surface area contributed by atoms with Crippen molar-refractivity contribution in [1.82, 2.24) is 9.62 Å². The first-order chi connectivity index (χ1) is 9.75. The average molecular weight is 332 g/mol. The Balaban J connectivity index is 2.27. The summed E-state index contributed by atoms with van der Waals surface area (Å²) in [6, 6.07) is 5.54. The van der Waals surface area contributed by atoms with Crippen molar-refractivity contribution in [3.05, 3.63) is 24.3 Å². The first-order valence-corrected chi connectivity index (χ1v) is 10.1.